The molecule has 0 heterocycles. The number of carbonyl (C=O) groups excluding carboxylic acids is 1. The molecule has 0 aliphatic carbocycles. The standard InChI is InChI=1S/C14H30N2O.ClH/c1-11(2)10-12(15)13(17)16-9-7-6-8-14(3,4)5;/h11-12H,6-10,15H2,1-5H3,(H,16,17);1H/t12-;/m0./s1. The van der Waals surface area contributed by atoms with Crippen LogP contribution in [0.3, 0.4) is 0 Å². The summed E-state index contributed by atoms with van der Waals surface area (Å²) in [6, 6.07) is -0.349. The summed E-state index contributed by atoms with van der Waals surface area (Å²) in [5.41, 5.74) is 6.18. The van der Waals surface area contributed by atoms with Crippen molar-refractivity contribution in [1.82, 2.24) is 5.32 Å². The van der Waals surface area contributed by atoms with Gasteiger partial charge in [0.05, 0.1) is 6.04 Å². The molecular formula is C14H31ClN2O. The Morgan fingerprint density at radius 3 is 2.22 bits per heavy atom. The highest BCUT2D eigenvalue weighted by Gasteiger charge is 2.14. The van der Waals surface area contributed by atoms with Crippen LogP contribution in [0.4, 0.5) is 0 Å². The molecule has 110 valence electrons. The van der Waals surface area contributed by atoms with Crippen LogP contribution in [0, 0.1) is 11.3 Å². The highest BCUT2D eigenvalue weighted by molar-refractivity contribution is 5.85. The first-order valence-corrected chi connectivity index (χ1v) is 6.75. The van der Waals surface area contributed by atoms with E-state index in [1.807, 2.05) is 0 Å². The molecule has 0 aliphatic rings. The smallest absolute Gasteiger partial charge is 0.236 e. The number of rotatable bonds is 7. The Morgan fingerprint density at radius 2 is 1.78 bits per heavy atom. The number of hydrogen-bond donors (Lipinski definition) is 2. The number of unbranched alkanes of at least 4 members (excludes halogenated alkanes) is 1. The van der Waals surface area contributed by atoms with Crippen LogP contribution in [0.1, 0.15) is 60.3 Å². The number of nitrogens with two attached hydrogens (primary N) is 1. The quantitative estimate of drug-likeness (QED) is 0.703. The van der Waals surface area contributed by atoms with Crippen molar-refractivity contribution in [2.75, 3.05) is 6.54 Å². The lowest BCUT2D eigenvalue weighted by molar-refractivity contribution is -0.122. The second kappa shape index (κ2) is 9.62. The molecule has 0 unspecified atom stereocenters. The largest absolute Gasteiger partial charge is 0.355 e. The fourth-order valence-corrected chi connectivity index (χ4v) is 1.74. The Balaban J connectivity index is 0. The Bertz CT molecular complexity index is 224. The van der Waals surface area contributed by atoms with Crippen molar-refractivity contribution in [3.63, 3.8) is 0 Å². The summed E-state index contributed by atoms with van der Waals surface area (Å²) in [6.45, 7) is 11.6. The van der Waals surface area contributed by atoms with Crippen molar-refractivity contribution in [2.24, 2.45) is 17.1 Å². The van der Waals surface area contributed by atoms with Gasteiger partial charge in [0.2, 0.25) is 5.91 Å². The maximum absolute atomic E-state index is 11.6. The first-order chi connectivity index (χ1) is 7.72. The number of hydrogen-bond acceptors (Lipinski definition) is 2. The van der Waals surface area contributed by atoms with Gasteiger partial charge in [-0.05, 0) is 30.6 Å². The van der Waals surface area contributed by atoms with Crippen molar-refractivity contribution < 1.29 is 4.79 Å². The van der Waals surface area contributed by atoms with E-state index in [9.17, 15) is 4.79 Å². The normalized spacial score (nSPS) is 13.1. The number of nitrogens with one attached hydrogen (secondary N) is 1. The highest BCUT2D eigenvalue weighted by Crippen LogP contribution is 2.21. The van der Waals surface area contributed by atoms with Crippen molar-refractivity contribution in [2.45, 2.75) is 66.3 Å². The molecule has 3 nitrogen and oxygen atoms in total. The summed E-state index contributed by atoms with van der Waals surface area (Å²) in [7, 11) is 0. The van der Waals surface area contributed by atoms with Crippen molar-refractivity contribution in [3.8, 4) is 0 Å². The summed E-state index contributed by atoms with van der Waals surface area (Å²) in [5, 5.41) is 2.91. The van der Waals surface area contributed by atoms with Gasteiger partial charge in [-0.1, -0.05) is 41.0 Å². The average molecular weight is 279 g/mol. The lowest BCUT2D eigenvalue weighted by Crippen LogP contribution is -2.41. The van der Waals surface area contributed by atoms with E-state index in [2.05, 4.69) is 39.9 Å². The molecule has 0 aliphatic heterocycles. The Kier molecular flexibility index (Phi) is 10.7. The van der Waals surface area contributed by atoms with Crippen molar-refractivity contribution in [1.29, 1.82) is 0 Å². The molecular weight excluding hydrogens is 248 g/mol. The van der Waals surface area contributed by atoms with E-state index >= 15 is 0 Å². The predicted molar refractivity (Wildman–Crippen MR) is 81.0 cm³/mol. The van der Waals surface area contributed by atoms with E-state index in [-0.39, 0.29) is 24.4 Å². The second-order valence-corrected chi connectivity index (χ2v) is 6.54. The van der Waals surface area contributed by atoms with E-state index in [0.717, 1.165) is 25.8 Å². The van der Waals surface area contributed by atoms with E-state index in [4.69, 9.17) is 5.73 Å². The van der Waals surface area contributed by atoms with Gasteiger partial charge in [-0.25, -0.2) is 0 Å². The molecule has 0 rings (SSSR count). The van der Waals surface area contributed by atoms with E-state index < -0.39 is 0 Å². The molecule has 0 aromatic rings. The summed E-state index contributed by atoms with van der Waals surface area (Å²) >= 11 is 0. The topological polar surface area (TPSA) is 55.1 Å². The molecule has 0 aromatic heterocycles. The number of carbonyl (C=O) groups is 1. The molecule has 0 aromatic carbocycles. The number of amides is 1. The molecule has 0 fully saturated rings. The number of halogens is 1. The first-order valence-electron chi connectivity index (χ1n) is 6.75. The van der Waals surface area contributed by atoms with Crippen LogP contribution < -0.4 is 11.1 Å². The predicted octanol–water partition coefficient (Wildman–Crippen LogP) is 3.11. The molecule has 18 heavy (non-hydrogen) atoms. The summed E-state index contributed by atoms with van der Waals surface area (Å²) in [5.74, 6) is 0.464. The van der Waals surface area contributed by atoms with Crippen LogP contribution >= 0.6 is 12.4 Å². The van der Waals surface area contributed by atoms with Crippen LogP contribution in [-0.4, -0.2) is 18.5 Å². The zero-order valence-electron chi connectivity index (χ0n) is 12.6. The molecule has 0 saturated carbocycles. The molecule has 1 amide bonds. The Labute approximate surface area is 119 Å². The molecule has 0 radical (unpaired) electrons. The lowest BCUT2D eigenvalue weighted by atomic mass is 9.90. The summed E-state index contributed by atoms with van der Waals surface area (Å²) in [4.78, 5) is 11.6. The second-order valence-electron chi connectivity index (χ2n) is 6.54. The van der Waals surface area contributed by atoms with Crippen LogP contribution in [0.5, 0.6) is 0 Å². The molecule has 0 saturated heterocycles. The van der Waals surface area contributed by atoms with Gasteiger partial charge in [-0.3, -0.25) is 4.79 Å². The Morgan fingerprint density at radius 1 is 1.22 bits per heavy atom. The minimum absolute atomic E-state index is 0. The zero-order valence-corrected chi connectivity index (χ0v) is 13.4. The Hall–Kier alpha value is -0.280. The van der Waals surface area contributed by atoms with E-state index in [1.165, 1.54) is 6.42 Å². The van der Waals surface area contributed by atoms with Gasteiger partial charge in [0.25, 0.3) is 0 Å². The minimum atomic E-state index is -0.349. The molecule has 0 bridgehead atoms. The van der Waals surface area contributed by atoms with Crippen LogP contribution in [0.2, 0.25) is 0 Å². The van der Waals surface area contributed by atoms with E-state index in [0.29, 0.717) is 11.3 Å². The molecule has 3 N–H and O–H groups in total. The van der Waals surface area contributed by atoms with Gasteiger partial charge in [-0.15, -0.1) is 12.4 Å². The lowest BCUT2D eigenvalue weighted by Gasteiger charge is -2.18. The van der Waals surface area contributed by atoms with Crippen LogP contribution in [0.15, 0.2) is 0 Å². The van der Waals surface area contributed by atoms with Gasteiger partial charge in [0.15, 0.2) is 0 Å². The van der Waals surface area contributed by atoms with Crippen molar-refractivity contribution in [3.05, 3.63) is 0 Å². The SMILES string of the molecule is CC(C)C[C@H](N)C(=O)NCCCCC(C)(C)C.Cl. The van der Waals surface area contributed by atoms with Gasteiger partial charge in [0, 0.05) is 6.54 Å². The third kappa shape index (κ3) is 12.2. The molecule has 1 atom stereocenters. The third-order valence-corrected chi connectivity index (χ3v) is 2.71. The molecule has 0 spiro atoms. The summed E-state index contributed by atoms with van der Waals surface area (Å²) in [6.07, 6.45) is 4.15. The zero-order chi connectivity index (χ0) is 13.5. The average Bonchev–Trinajstić information content (AvgIpc) is 2.13. The summed E-state index contributed by atoms with van der Waals surface area (Å²) < 4.78 is 0. The third-order valence-electron chi connectivity index (χ3n) is 2.71. The van der Waals surface area contributed by atoms with Gasteiger partial charge < -0.3 is 11.1 Å². The van der Waals surface area contributed by atoms with Gasteiger partial charge >= 0.3 is 0 Å². The van der Waals surface area contributed by atoms with Crippen LogP contribution in [0.25, 0.3) is 0 Å². The fraction of sp³-hybridized carbons (Fsp3) is 0.929. The monoisotopic (exact) mass is 278 g/mol. The van der Waals surface area contributed by atoms with Crippen molar-refractivity contribution >= 4 is 18.3 Å². The fourth-order valence-electron chi connectivity index (χ4n) is 1.74. The van der Waals surface area contributed by atoms with Gasteiger partial charge in [-0.2, -0.15) is 0 Å². The maximum Gasteiger partial charge on any atom is 0.236 e. The highest BCUT2D eigenvalue weighted by atomic mass is 35.5. The van der Waals surface area contributed by atoms with Gasteiger partial charge in [0.1, 0.15) is 0 Å². The van der Waals surface area contributed by atoms with Crippen LogP contribution in [-0.2, 0) is 4.79 Å². The first kappa shape index (κ1) is 20.0. The maximum atomic E-state index is 11.6. The minimum Gasteiger partial charge on any atom is -0.355 e. The molecule has 4 heteroatoms. The van der Waals surface area contributed by atoms with E-state index in [1.54, 1.807) is 0 Å².